The quantitative estimate of drug-likeness (QED) is 0.356. The van der Waals surface area contributed by atoms with Crippen LogP contribution in [0.1, 0.15) is 27.2 Å². The fraction of sp³-hybridized carbons (Fsp3) is 0.261. The van der Waals surface area contributed by atoms with Crippen molar-refractivity contribution in [3.05, 3.63) is 98.3 Å². The number of carbonyl (C=O) groups excluding carboxylic acids is 1. The molecule has 162 valence electrons. The van der Waals surface area contributed by atoms with E-state index < -0.39 is 4.92 Å². The van der Waals surface area contributed by atoms with Crippen molar-refractivity contribution in [3.63, 3.8) is 0 Å². The maximum Gasteiger partial charge on any atom is 0.288 e. The fourth-order valence-electron chi connectivity index (χ4n) is 3.37. The van der Waals surface area contributed by atoms with Crippen molar-refractivity contribution in [2.75, 3.05) is 20.3 Å². The van der Waals surface area contributed by atoms with E-state index in [-0.39, 0.29) is 22.2 Å². The Morgan fingerprint density at radius 3 is 2.71 bits per heavy atom. The molecule has 8 heteroatoms. The summed E-state index contributed by atoms with van der Waals surface area (Å²) >= 11 is 5.89. The third-order valence-corrected chi connectivity index (χ3v) is 5.27. The van der Waals surface area contributed by atoms with Gasteiger partial charge in [-0.15, -0.1) is 0 Å². The lowest BCUT2D eigenvalue weighted by Gasteiger charge is -2.23. The molecular weight excluding hydrogens is 418 g/mol. The van der Waals surface area contributed by atoms with Crippen LogP contribution in [-0.4, -0.2) is 40.6 Å². The minimum Gasteiger partial charge on any atom is -0.383 e. The zero-order valence-corrected chi connectivity index (χ0v) is 18.2. The highest BCUT2D eigenvalue weighted by Gasteiger charge is 2.21. The van der Waals surface area contributed by atoms with Gasteiger partial charge in [-0.2, -0.15) is 0 Å². The summed E-state index contributed by atoms with van der Waals surface area (Å²) in [6.45, 7) is 3.78. The molecule has 0 unspecified atom stereocenters. The Morgan fingerprint density at radius 1 is 1.19 bits per heavy atom. The minimum atomic E-state index is -0.592. The van der Waals surface area contributed by atoms with Crippen LogP contribution in [0.3, 0.4) is 0 Å². The molecule has 0 fully saturated rings. The molecule has 0 N–H and O–H groups in total. The van der Waals surface area contributed by atoms with E-state index in [1.165, 1.54) is 29.3 Å². The van der Waals surface area contributed by atoms with Gasteiger partial charge in [0, 0.05) is 43.7 Å². The van der Waals surface area contributed by atoms with Crippen LogP contribution in [-0.2, 0) is 17.8 Å². The van der Waals surface area contributed by atoms with Gasteiger partial charge >= 0.3 is 0 Å². The highest BCUT2D eigenvalue weighted by atomic mass is 35.5. The summed E-state index contributed by atoms with van der Waals surface area (Å²) in [6, 6.07) is 16.3. The van der Waals surface area contributed by atoms with E-state index in [0.717, 1.165) is 5.69 Å². The van der Waals surface area contributed by atoms with Crippen LogP contribution in [0.5, 0.6) is 0 Å². The summed E-state index contributed by atoms with van der Waals surface area (Å²) in [4.78, 5) is 25.4. The SMILES string of the molecule is COCCN(Cc1cccn1Cc1cccc(C)c1)C(=O)c1ccc(Cl)c([N+](=O)[O-])c1. The molecule has 0 radical (unpaired) electrons. The number of rotatable bonds is 9. The molecule has 0 spiro atoms. The smallest absolute Gasteiger partial charge is 0.288 e. The summed E-state index contributed by atoms with van der Waals surface area (Å²) in [5.41, 5.74) is 3.23. The van der Waals surface area contributed by atoms with E-state index in [1.807, 2.05) is 24.4 Å². The number of nitro groups is 1. The van der Waals surface area contributed by atoms with Gasteiger partial charge in [0.1, 0.15) is 5.02 Å². The van der Waals surface area contributed by atoms with Gasteiger partial charge < -0.3 is 14.2 Å². The number of carbonyl (C=O) groups is 1. The van der Waals surface area contributed by atoms with Crippen molar-refractivity contribution in [2.45, 2.75) is 20.0 Å². The molecule has 0 aliphatic carbocycles. The number of nitro benzene ring substituents is 1. The highest BCUT2D eigenvalue weighted by molar-refractivity contribution is 6.32. The molecular formula is C23H24ClN3O4. The van der Waals surface area contributed by atoms with Gasteiger partial charge in [-0.05, 0) is 36.8 Å². The highest BCUT2D eigenvalue weighted by Crippen LogP contribution is 2.26. The number of ether oxygens (including phenoxy) is 1. The van der Waals surface area contributed by atoms with E-state index >= 15 is 0 Å². The summed E-state index contributed by atoms with van der Waals surface area (Å²) < 4.78 is 7.26. The van der Waals surface area contributed by atoms with Gasteiger partial charge in [0.2, 0.25) is 0 Å². The van der Waals surface area contributed by atoms with Gasteiger partial charge in [-0.1, -0.05) is 41.4 Å². The van der Waals surface area contributed by atoms with Crippen LogP contribution in [0.2, 0.25) is 5.02 Å². The largest absolute Gasteiger partial charge is 0.383 e. The lowest BCUT2D eigenvalue weighted by Crippen LogP contribution is -2.34. The van der Waals surface area contributed by atoms with Crippen molar-refractivity contribution in [3.8, 4) is 0 Å². The Bertz CT molecular complexity index is 1080. The van der Waals surface area contributed by atoms with Crippen molar-refractivity contribution in [1.29, 1.82) is 0 Å². The average Bonchev–Trinajstić information content (AvgIpc) is 3.17. The van der Waals surface area contributed by atoms with Crippen LogP contribution >= 0.6 is 11.6 Å². The standard InChI is InChI=1S/C23H24ClN3O4/c1-17-5-3-6-18(13-17)15-25-10-4-7-20(25)16-26(11-12-31-2)23(28)19-8-9-21(24)22(14-19)27(29)30/h3-10,13-14H,11-12,15-16H2,1-2H3. The predicted octanol–water partition coefficient (Wildman–Crippen LogP) is 4.70. The van der Waals surface area contributed by atoms with E-state index in [0.29, 0.717) is 26.2 Å². The van der Waals surface area contributed by atoms with Gasteiger partial charge in [0.15, 0.2) is 0 Å². The molecule has 0 aliphatic rings. The number of aromatic nitrogens is 1. The number of hydrogen-bond acceptors (Lipinski definition) is 4. The molecule has 0 saturated carbocycles. The zero-order valence-electron chi connectivity index (χ0n) is 17.5. The first kappa shape index (κ1) is 22.5. The maximum absolute atomic E-state index is 13.2. The first-order valence-corrected chi connectivity index (χ1v) is 10.2. The van der Waals surface area contributed by atoms with Crippen LogP contribution in [0.4, 0.5) is 5.69 Å². The van der Waals surface area contributed by atoms with Crippen molar-refractivity contribution in [2.24, 2.45) is 0 Å². The molecule has 0 atom stereocenters. The Balaban J connectivity index is 1.84. The molecule has 3 rings (SSSR count). The monoisotopic (exact) mass is 441 g/mol. The van der Waals surface area contributed by atoms with Crippen LogP contribution in [0, 0.1) is 17.0 Å². The Hall–Kier alpha value is -3.16. The number of nitrogens with zero attached hydrogens (tertiary/aromatic N) is 3. The summed E-state index contributed by atoms with van der Waals surface area (Å²) in [6.07, 6.45) is 1.98. The number of methoxy groups -OCH3 is 1. The van der Waals surface area contributed by atoms with Crippen LogP contribution in [0.25, 0.3) is 0 Å². The second kappa shape index (κ2) is 10.2. The number of halogens is 1. The fourth-order valence-corrected chi connectivity index (χ4v) is 3.56. The molecule has 0 saturated heterocycles. The second-order valence-electron chi connectivity index (χ2n) is 7.26. The summed E-state index contributed by atoms with van der Waals surface area (Å²) in [5.74, 6) is -0.319. The van der Waals surface area contributed by atoms with Crippen molar-refractivity contribution in [1.82, 2.24) is 9.47 Å². The van der Waals surface area contributed by atoms with Gasteiger partial charge in [0.25, 0.3) is 11.6 Å². The van der Waals surface area contributed by atoms with E-state index in [2.05, 4.69) is 29.7 Å². The number of aryl methyl sites for hydroxylation is 1. The summed E-state index contributed by atoms with van der Waals surface area (Å²) in [5, 5.41) is 11.2. The van der Waals surface area contributed by atoms with Crippen LogP contribution < -0.4 is 0 Å². The minimum absolute atomic E-state index is 0.00276. The average molecular weight is 442 g/mol. The first-order chi connectivity index (χ1) is 14.9. The molecule has 31 heavy (non-hydrogen) atoms. The normalized spacial score (nSPS) is 10.8. The van der Waals surface area contributed by atoms with Gasteiger partial charge in [-0.3, -0.25) is 14.9 Å². The van der Waals surface area contributed by atoms with E-state index in [9.17, 15) is 14.9 Å². The number of hydrogen-bond donors (Lipinski definition) is 0. The molecule has 1 amide bonds. The Kier molecular flexibility index (Phi) is 7.44. The molecule has 7 nitrogen and oxygen atoms in total. The molecule has 1 aromatic heterocycles. The molecule has 0 bridgehead atoms. The zero-order chi connectivity index (χ0) is 22.4. The lowest BCUT2D eigenvalue weighted by atomic mass is 10.1. The number of benzene rings is 2. The van der Waals surface area contributed by atoms with Gasteiger partial charge in [-0.25, -0.2) is 0 Å². The third kappa shape index (κ3) is 5.71. The molecule has 3 aromatic rings. The lowest BCUT2D eigenvalue weighted by molar-refractivity contribution is -0.384. The van der Waals surface area contributed by atoms with Crippen molar-refractivity contribution >= 4 is 23.2 Å². The molecule has 1 heterocycles. The first-order valence-electron chi connectivity index (χ1n) is 9.80. The Morgan fingerprint density at radius 2 is 2.00 bits per heavy atom. The van der Waals surface area contributed by atoms with E-state index in [1.54, 1.807) is 12.0 Å². The Labute approximate surface area is 186 Å². The topological polar surface area (TPSA) is 77.6 Å². The predicted molar refractivity (Wildman–Crippen MR) is 119 cm³/mol. The maximum atomic E-state index is 13.2. The van der Waals surface area contributed by atoms with E-state index in [4.69, 9.17) is 16.3 Å². The second-order valence-corrected chi connectivity index (χ2v) is 7.67. The number of amides is 1. The van der Waals surface area contributed by atoms with Gasteiger partial charge in [0.05, 0.1) is 18.1 Å². The van der Waals surface area contributed by atoms with Crippen LogP contribution in [0.15, 0.2) is 60.8 Å². The van der Waals surface area contributed by atoms with Crippen molar-refractivity contribution < 1.29 is 14.5 Å². The molecule has 2 aromatic carbocycles. The molecule has 0 aliphatic heterocycles. The summed E-state index contributed by atoms with van der Waals surface area (Å²) in [7, 11) is 1.57. The third-order valence-electron chi connectivity index (χ3n) is 4.95.